The zero-order chi connectivity index (χ0) is 11.8. The van der Waals surface area contributed by atoms with Crippen LogP contribution in [0.1, 0.15) is 30.6 Å². The molecule has 17 heavy (non-hydrogen) atoms. The first-order valence-electron chi connectivity index (χ1n) is 6.09. The normalized spacial score (nSPS) is 18.8. The van der Waals surface area contributed by atoms with E-state index in [1.165, 1.54) is 5.56 Å². The van der Waals surface area contributed by atoms with Crippen molar-refractivity contribution in [3.63, 3.8) is 0 Å². The number of fused-ring (bicyclic) bond motifs is 1. The summed E-state index contributed by atoms with van der Waals surface area (Å²) in [6.07, 6.45) is 7.29. The van der Waals surface area contributed by atoms with Crippen LogP contribution in [0, 0.1) is 6.92 Å². The Morgan fingerprint density at radius 1 is 1.47 bits per heavy atom. The van der Waals surface area contributed by atoms with Gasteiger partial charge in [0.15, 0.2) is 0 Å². The lowest BCUT2D eigenvalue weighted by Crippen LogP contribution is -2.23. The molecule has 1 unspecified atom stereocenters. The van der Waals surface area contributed by atoms with Crippen LogP contribution in [-0.4, -0.2) is 25.9 Å². The minimum atomic E-state index is 0.368. The van der Waals surface area contributed by atoms with Gasteiger partial charge in [-0.2, -0.15) is 5.10 Å². The fourth-order valence-corrected chi connectivity index (χ4v) is 2.40. The van der Waals surface area contributed by atoms with Gasteiger partial charge >= 0.3 is 0 Å². The fraction of sp³-hybridized carbons (Fsp3) is 0.500. The zero-order valence-corrected chi connectivity index (χ0v) is 10.2. The molecule has 1 atom stereocenters. The second kappa shape index (κ2) is 3.91. The first kappa shape index (κ1) is 10.4. The molecule has 90 valence electrons. The lowest BCUT2D eigenvalue weighted by Gasteiger charge is -2.25. The van der Waals surface area contributed by atoms with E-state index < -0.39 is 0 Å². The molecule has 1 N–H and O–H groups in total. The van der Waals surface area contributed by atoms with Crippen LogP contribution in [0.5, 0.6) is 0 Å². The van der Waals surface area contributed by atoms with E-state index in [0.29, 0.717) is 6.04 Å². The van der Waals surface area contributed by atoms with Gasteiger partial charge in [0.25, 0.3) is 0 Å². The molecule has 1 aliphatic rings. The molecule has 0 aliphatic carbocycles. The van der Waals surface area contributed by atoms with Crippen molar-refractivity contribution in [1.29, 1.82) is 0 Å². The summed E-state index contributed by atoms with van der Waals surface area (Å²) < 4.78 is 4.19. The number of aryl methyl sites for hydroxylation is 2. The smallest absolute Gasteiger partial charge is 0.203 e. The summed E-state index contributed by atoms with van der Waals surface area (Å²) in [6.45, 7) is 6.02. The molecule has 0 saturated heterocycles. The first-order valence-corrected chi connectivity index (χ1v) is 6.09. The fourth-order valence-electron chi connectivity index (χ4n) is 2.40. The molecule has 0 aromatic carbocycles. The van der Waals surface area contributed by atoms with Crippen molar-refractivity contribution < 1.29 is 0 Å². The molecule has 2 aromatic heterocycles. The second-order valence-corrected chi connectivity index (χ2v) is 4.47. The number of rotatable bonds is 2. The predicted octanol–water partition coefficient (Wildman–Crippen LogP) is 1.81. The number of nitrogens with one attached hydrogen (secondary N) is 1. The maximum Gasteiger partial charge on any atom is 0.203 e. The summed E-state index contributed by atoms with van der Waals surface area (Å²) in [7, 11) is 0. The van der Waals surface area contributed by atoms with Gasteiger partial charge in [-0.3, -0.25) is 4.68 Å². The molecule has 0 amide bonds. The first-order chi connectivity index (χ1) is 8.28. The molecule has 2 aromatic rings. The van der Waals surface area contributed by atoms with E-state index in [4.69, 9.17) is 0 Å². The van der Waals surface area contributed by atoms with Crippen molar-refractivity contribution in [2.45, 2.75) is 32.9 Å². The highest BCUT2D eigenvalue weighted by Crippen LogP contribution is 2.29. The van der Waals surface area contributed by atoms with Crippen molar-refractivity contribution in [3.8, 4) is 0 Å². The molecule has 0 spiro atoms. The minimum absolute atomic E-state index is 0.368. The van der Waals surface area contributed by atoms with Crippen molar-refractivity contribution in [2.24, 2.45) is 0 Å². The van der Waals surface area contributed by atoms with Gasteiger partial charge in [0.2, 0.25) is 5.95 Å². The minimum Gasteiger partial charge on any atom is -0.356 e. The maximum atomic E-state index is 4.48. The molecule has 0 saturated carbocycles. The number of anilines is 1. The quantitative estimate of drug-likeness (QED) is 0.857. The Bertz CT molecular complexity index is 525. The SMILES string of the molecule is CCn1cc(C2CCNc3nc(C)cn32)cn1. The Kier molecular flexibility index (Phi) is 2.39. The third kappa shape index (κ3) is 1.71. The van der Waals surface area contributed by atoms with Gasteiger partial charge in [-0.15, -0.1) is 0 Å². The van der Waals surface area contributed by atoms with Crippen LogP contribution in [0.4, 0.5) is 5.95 Å². The maximum absolute atomic E-state index is 4.48. The lowest BCUT2D eigenvalue weighted by atomic mass is 10.1. The van der Waals surface area contributed by atoms with Gasteiger partial charge in [0.1, 0.15) is 0 Å². The standard InChI is InChI=1S/C12H17N5/c1-3-16-8-10(6-14-16)11-4-5-13-12-15-9(2)7-17(11)12/h6-8,11H,3-5H2,1-2H3,(H,13,15). The third-order valence-electron chi connectivity index (χ3n) is 3.25. The van der Waals surface area contributed by atoms with Gasteiger partial charge in [0.05, 0.1) is 17.9 Å². The summed E-state index contributed by atoms with van der Waals surface area (Å²) in [6, 6.07) is 0.368. The average Bonchev–Trinajstić information content (AvgIpc) is 2.92. The summed E-state index contributed by atoms with van der Waals surface area (Å²) >= 11 is 0. The molecule has 0 fully saturated rings. The van der Waals surface area contributed by atoms with Crippen LogP contribution in [0.2, 0.25) is 0 Å². The molecular weight excluding hydrogens is 214 g/mol. The van der Waals surface area contributed by atoms with E-state index in [1.54, 1.807) is 0 Å². The molecule has 0 bridgehead atoms. The number of hydrogen-bond donors (Lipinski definition) is 1. The number of nitrogens with zero attached hydrogens (tertiary/aromatic N) is 4. The van der Waals surface area contributed by atoms with Gasteiger partial charge in [-0.05, 0) is 20.3 Å². The third-order valence-corrected chi connectivity index (χ3v) is 3.25. The highest BCUT2D eigenvalue weighted by Gasteiger charge is 2.23. The van der Waals surface area contributed by atoms with E-state index in [9.17, 15) is 0 Å². The van der Waals surface area contributed by atoms with Crippen LogP contribution in [0.25, 0.3) is 0 Å². The number of aromatic nitrogens is 4. The number of hydrogen-bond acceptors (Lipinski definition) is 3. The Morgan fingerprint density at radius 2 is 2.35 bits per heavy atom. The lowest BCUT2D eigenvalue weighted by molar-refractivity contribution is 0.529. The summed E-state index contributed by atoms with van der Waals surface area (Å²) in [5, 5.41) is 7.68. The van der Waals surface area contributed by atoms with E-state index >= 15 is 0 Å². The van der Waals surface area contributed by atoms with Crippen LogP contribution >= 0.6 is 0 Å². The molecular formula is C12H17N5. The largest absolute Gasteiger partial charge is 0.356 e. The van der Waals surface area contributed by atoms with Gasteiger partial charge < -0.3 is 9.88 Å². The van der Waals surface area contributed by atoms with E-state index in [0.717, 1.165) is 31.2 Å². The number of imidazole rings is 1. The summed E-state index contributed by atoms with van der Waals surface area (Å²) in [5.74, 6) is 0.975. The van der Waals surface area contributed by atoms with Gasteiger partial charge in [-0.1, -0.05) is 0 Å². The van der Waals surface area contributed by atoms with E-state index in [-0.39, 0.29) is 0 Å². The molecule has 0 radical (unpaired) electrons. The zero-order valence-electron chi connectivity index (χ0n) is 10.2. The van der Waals surface area contributed by atoms with Gasteiger partial charge in [-0.25, -0.2) is 4.98 Å². The molecule has 5 heteroatoms. The van der Waals surface area contributed by atoms with Crippen LogP contribution < -0.4 is 5.32 Å². The second-order valence-electron chi connectivity index (χ2n) is 4.47. The van der Waals surface area contributed by atoms with E-state index in [1.807, 2.05) is 17.8 Å². The summed E-state index contributed by atoms with van der Waals surface area (Å²) in [4.78, 5) is 4.48. The molecule has 1 aliphatic heterocycles. The highest BCUT2D eigenvalue weighted by molar-refractivity contribution is 5.34. The van der Waals surface area contributed by atoms with Crippen molar-refractivity contribution in [1.82, 2.24) is 19.3 Å². The highest BCUT2D eigenvalue weighted by atomic mass is 15.3. The monoisotopic (exact) mass is 231 g/mol. The predicted molar refractivity (Wildman–Crippen MR) is 66.1 cm³/mol. The Hall–Kier alpha value is -1.78. The van der Waals surface area contributed by atoms with E-state index in [2.05, 4.69) is 39.3 Å². The van der Waals surface area contributed by atoms with Crippen molar-refractivity contribution in [2.75, 3.05) is 11.9 Å². The molecule has 3 rings (SSSR count). The molecule has 5 nitrogen and oxygen atoms in total. The van der Waals surface area contributed by atoms with Crippen LogP contribution in [0.15, 0.2) is 18.6 Å². The van der Waals surface area contributed by atoms with Crippen molar-refractivity contribution >= 4 is 5.95 Å². The Labute approximate surface area is 100 Å². The molecule has 3 heterocycles. The van der Waals surface area contributed by atoms with Gasteiger partial charge in [0, 0.05) is 31.0 Å². The Morgan fingerprint density at radius 3 is 3.12 bits per heavy atom. The van der Waals surface area contributed by atoms with Crippen molar-refractivity contribution in [3.05, 3.63) is 29.8 Å². The van der Waals surface area contributed by atoms with Crippen LogP contribution in [0.3, 0.4) is 0 Å². The topological polar surface area (TPSA) is 47.7 Å². The summed E-state index contributed by atoms with van der Waals surface area (Å²) in [5.41, 5.74) is 2.33. The Balaban J connectivity index is 1.99. The average molecular weight is 231 g/mol. The van der Waals surface area contributed by atoms with Crippen LogP contribution in [-0.2, 0) is 6.54 Å².